The highest BCUT2D eigenvalue weighted by Crippen LogP contribution is 2.35. The third kappa shape index (κ3) is 4.22. The number of rotatable bonds is 5. The Balaban J connectivity index is 2.29. The van der Waals surface area contributed by atoms with E-state index in [9.17, 15) is 0 Å². The molecule has 1 aromatic heterocycles. The molecular weight excluding hydrogens is 356 g/mol. The number of aromatic nitrogens is 1. The molecule has 0 spiro atoms. The van der Waals surface area contributed by atoms with Crippen LogP contribution in [0, 0.1) is 0 Å². The van der Waals surface area contributed by atoms with Crippen molar-refractivity contribution in [2.24, 2.45) is 5.73 Å². The zero-order valence-corrected chi connectivity index (χ0v) is 14.3. The topological polar surface area (TPSA) is 38.9 Å². The summed E-state index contributed by atoms with van der Waals surface area (Å²) < 4.78 is 0.991. The number of benzene rings is 1. The molecule has 1 aromatic carbocycles. The Hall–Kier alpha value is -0.550. The highest BCUT2D eigenvalue weighted by atomic mass is 79.9. The Bertz CT molecular complexity index is 592. The van der Waals surface area contributed by atoms with Crippen molar-refractivity contribution in [1.82, 2.24) is 4.98 Å². The summed E-state index contributed by atoms with van der Waals surface area (Å²) in [5.41, 5.74) is 7.25. The van der Waals surface area contributed by atoms with Crippen molar-refractivity contribution >= 4 is 39.3 Å². The van der Waals surface area contributed by atoms with Gasteiger partial charge in [0.1, 0.15) is 5.03 Å². The molecule has 1 atom stereocenters. The molecule has 1 unspecified atom stereocenters. The lowest BCUT2D eigenvalue weighted by molar-refractivity contribution is 0.641. The molecule has 106 valence electrons. The van der Waals surface area contributed by atoms with E-state index in [1.165, 1.54) is 5.56 Å². The molecule has 0 aliphatic heterocycles. The van der Waals surface area contributed by atoms with E-state index in [0.29, 0.717) is 0 Å². The predicted molar refractivity (Wildman–Crippen MR) is 89.5 cm³/mol. The summed E-state index contributed by atoms with van der Waals surface area (Å²) in [6.45, 7) is 2.09. The van der Waals surface area contributed by atoms with Gasteiger partial charge < -0.3 is 5.73 Å². The van der Waals surface area contributed by atoms with Crippen LogP contribution in [0.4, 0.5) is 0 Å². The minimum absolute atomic E-state index is 0.153. The Morgan fingerprint density at radius 2 is 2.20 bits per heavy atom. The van der Waals surface area contributed by atoms with Gasteiger partial charge in [0, 0.05) is 22.2 Å². The molecule has 5 heteroatoms. The lowest BCUT2D eigenvalue weighted by Crippen LogP contribution is -2.21. The molecule has 0 aliphatic carbocycles. The summed E-state index contributed by atoms with van der Waals surface area (Å²) in [4.78, 5) is 5.54. The second kappa shape index (κ2) is 7.46. The minimum Gasteiger partial charge on any atom is -0.327 e. The van der Waals surface area contributed by atoms with Crippen LogP contribution in [0.15, 0.2) is 50.9 Å². The molecular formula is C15H16BrClN2S. The number of nitrogens with two attached hydrogens (primary N) is 1. The van der Waals surface area contributed by atoms with E-state index in [-0.39, 0.29) is 6.04 Å². The van der Waals surface area contributed by atoms with Gasteiger partial charge in [-0.2, -0.15) is 0 Å². The Morgan fingerprint density at radius 3 is 2.90 bits per heavy atom. The Labute approximate surface area is 137 Å². The second-order valence-electron chi connectivity index (χ2n) is 4.52. The molecule has 0 radical (unpaired) electrons. The highest BCUT2D eigenvalue weighted by molar-refractivity contribution is 9.10. The fraction of sp³-hybridized carbons (Fsp3) is 0.267. The molecule has 0 fully saturated rings. The first-order valence-electron chi connectivity index (χ1n) is 6.42. The zero-order valence-electron chi connectivity index (χ0n) is 11.1. The Morgan fingerprint density at radius 1 is 1.40 bits per heavy atom. The van der Waals surface area contributed by atoms with Crippen LogP contribution in [-0.2, 0) is 6.42 Å². The average molecular weight is 372 g/mol. The van der Waals surface area contributed by atoms with Crippen LogP contribution in [0.2, 0.25) is 5.02 Å². The van der Waals surface area contributed by atoms with Crippen LogP contribution in [0.3, 0.4) is 0 Å². The first-order valence-corrected chi connectivity index (χ1v) is 8.41. The van der Waals surface area contributed by atoms with Crippen molar-refractivity contribution in [3.63, 3.8) is 0 Å². The first-order chi connectivity index (χ1) is 9.60. The molecule has 0 amide bonds. The zero-order chi connectivity index (χ0) is 14.5. The van der Waals surface area contributed by atoms with Gasteiger partial charge in [-0.3, -0.25) is 0 Å². The SMILES string of the molecule is CCC(N)Cc1cc(Cl)ccc1Sc1ncccc1Br. The van der Waals surface area contributed by atoms with Gasteiger partial charge in [0.25, 0.3) is 0 Å². The quantitative estimate of drug-likeness (QED) is 0.810. The lowest BCUT2D eigenvalue weighted by Gasteiger charge is -2.13. The summed E-state index contributed by atoms with van der Waals surface area (Å²) in [5, 5.41) is 1.69. The van der Waals surface area contributed by atoms with Gasteiger partial charge in [-0.1, -0.05) is 30.3 Å². The van der Waals surface area contributed by atoms with Crippen LogP contribution >= 0.6 is 39.3 Å². The summed E-state index contributed by atoms with van der Waals surface area (Å²) in [5.74, 6) is 0. The van der Waals surface area contributed by atoms with Crippen LogP contribution in [0.25, 0.3) is 0 Å². The number of pyridine rings is 1. The first kappa shape index (κ1) is 15.8. The fourth-order valence-electron chi connectivity index (χ4n) is 1.78. The fourth-order valence-corrected chi connectivity index (χ4v) is 3.37. The maximum atomic E-state index is 6.10. The van der Waals surface area contributed by atoms with Gasteiger partial charge in [-0.15, -0.1) is 0 Å². The maximum absolute atomic E-state index is 6.10. The third-order valence-corrected chi connectivity index (χ3v) is 5.23. The van der Waals surface area contributed by atoms with Crippen molar-refractivity contribution in [2.45, 2.75) is 35.7 Å². The highest BCUT2D eigenvalue weighted by Gasteiger charge is 2.11. The van der Waals surface area contributed by atoms with E-state index in [1.807, 2.05) is 30.3 Å². The molecule has 2 N–H and O–H groups in total. The number of hydrogen-bond acceptors (Lipinski definition) is 3. The van der Waals surface area contributed by atoms with E-state index in [4.69, 9.17) is 17.3 Å². The minimum atomic E-state index is 0.153. The van der Waals surface area contributed by atoms with Crippen LogP contribution in [0.1, 0.15) is 18.9 Å². The largest absolute Gasteiger partial charge is 0.327 e. The van der Waals surface area contributed by atoms with Crippen molar-refractivity contribution in [2.75, 3.05) is 0 Å². The van der Waals surface area contributed by atoms with E-state index in [2.05, 4.69) is 27.8 Å². The number of hydrogen-bond donors (Lipinski definition) is 1. The van der Waals surface area contributed by atoms with Crippen LogP contribution < -0.4 is 5.73 Å². The standard InChI is InChI=1S/C15H16BrClN2S/c1-2-12(18)9-10-8-11(17)5-6-14(10)20-15-13(16)4-3-7-19-15/h3-8,12H,2,9,18H2,1H3. The number of nitrogens with zero attached hydrogens (tertiary/aromatic N) is 1. The smallest absolute Gasteiger partial charge is 0.115 e. The van der Waals surface area contributed by atoms with Crippen molar-refractivity contribution < 1.29 is 0 Å². The molecule has 2 aromatic rings. The van der Waals surface area contributed by atoms with Gasteiger partial charge in [0.2, 0.25) is 0 Å². The van der Waals surface area contributed by atoms with Crippen molar-refractivity contribution in [3.05, 3.63) is 51.6 Å². The summed E-state index contributed by atoms with van der Waals surface area (Å²) in [7, 11) is 0. The van der Waals surface area contributed by atoms with Crippen molar-refractivity contribution in [1.29, 1.82) is 0 Å². The molecule has 0 saturated heterocycles. The van der Waals surface area contributed by atoms with Gasteiger partial charge in [0.05, 0.1) is 4.47 Å². The van der Waals surface area contributed by atoms with Gasteiger partial charge >= 0.3 is 0 Å². The lowest BCUT2D eigenvalue weighted by atomic mass is 10.0. The van der Waals surface area contributed by atoms with E-state index >= 15 is 0 Å². The number of halogens is 2. The summed E-state index contributed by atoms with van der Waals surface area (Å²) in [6.07, 6.45) is 3.56. The molecule has 0 bridgehead atoms. The molecule has 20 heavy (non-hydrogen) atoms. The summed E-state index contributed by atoms with van der Waals surface area (Å²) in [6, 6.07) is 9.98. The van der Waals surface area contributed by atoms with Gasteiger partial charge in [-0.05, 0) is 64.7 Å². The van der Waals surface area contributed by atoms with Gasteiger partial charge in [-0.25, -0.2) is 4.98 Å². The van der Waals surface area contributed by atoms with Crippen LogP contribution in [0.5, 0.6) is 0 Å². The van der Waals surface area contributed by atoms with Gasteiger partial charge in [0.15, 0.2) is 0 Å². The van der Waals surface area contributed by atoms with Crippen LogP contribution in [-0.4, -0.2) is 11.0 Å². The average Bonchev–Trinajstić information content (AvgIpc) is 2.44. The third-order valence-electron chi connectivity index (χ3n) is 2.96. The van der Waals surface area contributed by atoms with E-state index in [1.54, 1.807) is 18.0 Å². The molecule has 0 saturated carbocycles. The van der Waals surface area contributed by atoms with Crippen molar-refractivity contribution in [3.8, 4) is 0 Å². The molecule has 0 aliphatic rings. The second-order valence-corrected chi connectivity index (χ2v) is 6.84. The predicted octanol–water partition coefficient (Wildman–Crippen LogP) is 4.93. The normalized spacial score (nSPS) is 12.4. The molecule has 2 rings (SSSR count). The van der Waals surface area contributed by atoms with E-state index in [0.717, 1.165) is 32.3 Å². The monoisotopic (exact) mass is 370 g/mol. The maximum Gasteiger partial charge on any atom is 0.115 e. The Kier molecular flexibility index (Phi) is 5.90. The van der Waals surface area contributed by atoms with E-state index < -0.39 is 0 Å². The molecule has 2 nitrogen and oxygen atoms in total. The summed E-state index contributed by atoms with van der Waals surface area (Å²) >= 11 is 11.3. The molecule has 1 heterocycles.